The lowest BCUT2D eigenvalue weighted by Gasteiger charge is -2.22. The highest BCUT2D eigenvalue weighted by molar-refractivity contribution is 6.00. The van der Waals surface area contributed by atoms with Crippen molar-refractivity contribution in [2.75, 3.05) is 13.7 Å². The van der Waals surface area contributed by atoms with Crippen molar-refractivity contribution in [2.45, 2.75) is 18.6 Å². The fraction of sp³-hybridized carbons (Fsp3) is 0.357. The largest absolute Gasteiger partial charge is 0.380 e. The van der Waals surface area contributed by atoms with Crippen LogP contribution in [0.25, 0.3) is 5.52 Å². The van der Waals surface area contributed by atoms with Crippen LogP contribution in [0.1, 0.15) is 28.6 Å². The zero-order chi connectivity index (χ0) is 15.8. The number of hydrogen-bond acceptors (Lipinski definition) is 6. The topological polar surface area (TPSA) is 101 Å². The molecule has 0 unspecified atom stereocenters. The molecule has 4 rings (SSSR count). The number of hydrogen-bond donors (Lipinski definition) is 1. The van der Waals surface area contributed by atoms with E-state index < -0.39 is 0 Å². The molecule has 9 nitrogen and oxygen atoms in total. The van der Waals surface area contributed by atoms with Crippen LogP contribution in [0.3, 0.4) is 0 Å². The Kier molecular flexibility index (Phi) is 3.27. The number of rotatable bonds is 3. The molecule has 1 aliphatic heterocycles. The summed E-state index contributed by atoms with van der Waals surface area (Å²) in [5, 5.41) is 10.9. The highest BCUT2D eigenvalue weighted by Gasteiger charge is 2.39. The third kappa shape index (κ3) is 2.25. The molecule has 0 aromatic carbocycles. The molecule has 0 spiro atoms. The molecule has 3 aromatic heterocycles. The number of carbonyl (C=O) groups is 1. The van der Waals surface area contributed by atoms with Crippen LogP contribution in [0, 0.1) is 0 Å². The van der Waals surface area contributed by atoms with Crippen molar-refractivity contribution in [1.29, 1.82) is 0 Å². The number of fused-ring (bicyclic) bond motifs is 1. The number of aromatic amines is 1. The first kappa shape index (κ1) is 13.8. The Morgan fingerprint density at radius 2 is 2.35 bits per heavy atom. The van der Waals surface area contributed by atoms with E-state index >= 15 is 0 Å². The van der Waals surface area contributed by atoms with Crippen molar-refractivity contribution in [3.8, 4) is 0 Å². The molecule has 1 fully saturated rings. The number of ether oxygens (including phenoxy) is 1. The molecular formula is C14H15N7O2. The molecule has 0 bridgehead atoms. The molecule has 1 aliphatic rings. The van der Waals surface area contributed by atoms with E-state index in [-0.39, 0.29) is 18.1 Å². The number of likely N-dealkylation sites (tertiary alicyclic amines) is 1. The minimum Gasteiger partial charge on any atom is -0.380 e. The molecule has 1 saturated heterocycles. The minimum atomic E-state index is -0.193. The van der Waals surface area contributed by atoms with Crippen molar-refractivity contribution in [1.82, 2.24) is 34.7 Å². The van der Waals surface area contributed by atoms with Gasteiger partial charge in [-0.25, -0.2) is 9.50 Å². The van der Waals surface area contributed by atoms with Gasteiger partial charge >= 0.3 is 0 Å². The van der Waals surface area contributed by atoms with Crippen molar-refractivity contribution in [3.05, 3.63) is 42.5 Å². The van der Waals surface area contributed by atoms with Crippen LogP contribution in [0.15, 0.2) is 31.1 Å². The normalized spacial score (nSPS) is 21.2. The molecule has 1 N–H and O–H groups in total. The van der Waals surface area contributed by atoms with Gasteiger partial charge in [-0.3, -0.25) is 14.9 Å². The lowest BCUT2D eigenvalue weighted by molar-refractivity contribution is 0.0686. The van der Waals surface area contributed by atoms with Gasteiger partial charge in [0.2, 0.25) is 0 Å². The van der Waals surface area contributed by atoms with Crippen molar-refractivity contribution >= 4 is 11.4 Å². The molecule has 2 atom stereocenters. The number of methoxy groups -OCH3 is 1. The van der Waals surface area contributed by atoms with Gasteiger partial charge < -0.3 is 9.64 Å². The predicted octanol–water partition coefficient (Wildman–Crippen LogP) is 0.450. The molecule has 118 valence electrons. The highest BCUT2D eigenvalue weighted by atomic mass is 16.5. The molecule has 3 aromatic rings. The first-order valence-corrected chi connectivity index (χ1v) is 7.24. The third-order valence-electron chi connectivity index (χ3n) is 4.16. The fourth-order valence-corrected chi connectivity index (χ4v) is 2.98. The predicted molar refractivity (Wildman–Crippen MR) is 78.6 cm³/mol. The van der Waals surface area contributed by atoms with E-state index in [0.717, 1.165) is 0 Å². The van der Waals surface area contributed by atoms with Gasteiger partial charge in [0, 0.05) is 32.5 Å². The molecule has 0 saturated carbocycles. The summed E-state index contributed by atoms with van der Waals surface area (Å²) in [5.74, 6) is 0.543. The monoisotopic (exact) mass is 313 g/mol. The Morgan fingerprint density at radius 3 is 3.13 bits per heavy atom. The van der Waals surface area contributed by atoms with Crippen LogP contribution in [-0.2, 0) is 4.74 Å². The van der Waals surface area contributed by atoms with Crippen molar-refractivity contribution < 1.29 is 9.53 Å². The Bertz CT molecular complexity index is 829. The first-order valence-electron chi connectivity index (χ1n) is 7.24. The van der Waals surface area contributed by atoms with Gasteiger partial charge in [-0.2, -0.15) is 10.2 Å². The molecule has 0 aliphatic carbocycles. The van der Waals surface area contributed by atoms with E-state index in [0.29, 0.717) is 29.9 Å². The summed E-state index contributed by atoms with van der Waals surface area (Å²) < 4.78 is 7.07. The van der Waals surface area contributed by atoms with Gasteiger partial charge in [-0.1, -0.05) is 0 Å². The Hall–Kier alpha value is -2.81. The zero-order valence-electron chi connectivity index (χ0n) is 12.5. The molecule has 9 heteroatoms. The average molecular weight is 313 g/mol. The lowest BCUT2D eigenvalue weighted by Crippen LogP contribution is -2.32. The van der Waals surface area contributed by atoms with Gasteiger partial charge in [0.25, 0.3) is 5.91 Å². The highest BCUT2D eigenvalue weighted by Crippen LogP contribution is 2.33. The summed E-state index contributed by atoms with van der Waals surface area (Å²) in [6.07, 6.45) is 8.62. The van der Waals surface area contributed by atoms with Crippen molar-refractivity contribution in [3.63, 3.8) is 0 Å². The lowest BCUT2D eigenvalue weighted by atomic mass is 10.1. The third-order valence-corrected chi connectivity index (χ3v) is 4.16. The fourth-order valence-electron chi connectivity index (χ4n) is 2.98. The Balaban J connectivity index is 1.71. The number of nitrogens with zero attached hydrogens (tertiary/aromatic N) is 6. The van der Waals surface area contributed by atoms with Crippen LogP contribution in [-0.4, -0.2) is 60.3 Å². The number of carbonyl (C=O) groups excluding carboxylic acids is 1. The second kappa shape index (κ2) is 5.43. The first-order chi connectivity index (χ1) is 11.3. The van der Waals surface area contributed by atoms with Crippen LogP contribution >= 0.6 is 0 Å². The second-order valence-electron chi connectivity index (χ2n) is 5.40. The van der Waals surface area contributed by atoms with Crippen LogP contribution in [0.4, 0.5) is 0 Å². The molecule has 23 heavy (non-hydrogen) atoms. The van der Waals surface area contributed by atoms with Crippen LogP contribution in [0.5, 0.6) is 0 Å². The van der Waals surface area contributed by atoms with Crippen LogP contribution in [0.2, 0.25) is 0 Å². The van der Waals surface area contributed by atoms with Gasteiger partial charge in [0.05, 0.1) is 35.6 Å². The summed E-state index contributed by atoms with van der Waals surface area (Å²) in [7, 11) is 1.65. The summed E-state index contributed by atoms with van der Waals surface area (Å²) in [4.78, 5) is 23.0. The summed E-state index contributed by atoms with van der Waals surface area (Å²) in [6.45, 7) is 0.498. The number of nitrogens with one attached hydrogen (secondary N) is 1. The number of H-pyrrole nitrogens is 1. The van der Waals surface area contributed by atoms with E-state index in [1.54, 1.807) is 41.3 Å². The number of amides is 1. The maximum atomic E-state index is 13.0. The van der Waals surface area contributed by atoms with Crippen LogP contribution < -0.4 is 0 Å². The van der Waals surface area contributed by atoms with E-state index in [1.807, 2.05) is 0 Å². The molecular weight excluding hydrogens is 298 g/mol. The van der Waals surface area contributed by atoms with E-state index in [1.165, 1.54) is 6.33 Å². The summed E-state index contributed by atoms with van der Waals surface area (Å²) >= 11 is 0. The maximum absolute atomic E-state index is 13.0. The maximum Gasteiger partial charge on any atom is 0.258 e. The minimum absolute atomic E-state index is 0.0333. The second-order valence-corrected chi connectivity index (χ2v) is 5.40. The van der Waals surface area contributed by atoms with E-state index in [2.05, 4.69) is 25.3 Å². The smallest absolute Gasteiger partial charge is 0.258 e. The van der Waals surface area contributed by atoms with E-state index in [4.69, 9.17) is 4.74 Å². The SMILES string of the molecule is CO[C@@H]1C[C@@H](c2ncn[nH]2)N(C(=O)c2cnn3ccncc23)C1. The van der Waals surface area contributed by atoms with Gasteiger partial charge in [-0.05, 0) is 0 Å². The quantitative estimate of drug-likeness (QED) is 0.753. The number of aromatic nitrogens is 6. The van der Waals surface area contributed by atoms with Gasteiger partial charge in [0.1, 0.15) is 12.2 Å². The Morgan fingerprint density at radius 1 is 1.43 bits per heavy atom. The average Bonchev–Trinajstić information content (AvgIpc) is 3.31. The summed E-state index contributed by atoms with van der Waals surface area (Å²) in [5.41, 5.74) is 1.19. The summed E-state index contributed by atoms with van der Waals surface area (Å²) in [6, 6.07) is -0.193. The standard InChI is InChI=1S/C14H15N7O2/c1-23-9-4-11(13-16-8-17-19-13)20(7-9)14(22)10-5-18-21-3-2-15-6-12(10)21/h2-3,5-6,8-9,11H,4,7H2,1H3,(H,16,17,19)/t9-,11+/m1/s1. The molecule has 1 amide bonds. The Labute approximate surface area is 131 Å². The van der Waals surface area contributed by atoms with Crippen molar-refractivity contribution in [2.24, 2.45) is 0 Å². The molecule has 0 radical (unpaired) electrons. The van der Waals surface area contributed by atoms with Gasteiger partial charge in [0.15, 0.2) is 0 Å². The zero-order valence-corrected chi connectivity index (χ0v) is 12.5. The van der Waals surface area contributed by atoms with E-state index in [9.17, 15) is 4.79 Å². The molecule has 4 heterocycles. The van der Waals surface area contributed by atoms with Gasteiger partial charge in [-0.15, -0.1) is 0 Å².